The van der Waals surface area contributed by atoms with Crippen molar-refractivity contribution in [2.75, 3.05) is 25.6 Å². The van der Waals surface area contributed by atoms with Gasteiger partial charge in [-0.25, -0.2) is 0 Å². The fraction of sp³-hybridized carbons (Fsp3) is 0.600. The van der Waals surface area contributed by atoms with Gasteiger partial charge in [0.15, 0.2) is 0 Å². The SMILES string of the molecule is COCCCNC(=O)c1c(NC(=O)C2CC=CCC2)sc2c1CCCC2. The fourth-order valence-electron chi connectivity index (χ4n) is 3.65. The van der Waals surface area contributed by atoms with Crippen molar-refractivity contribution in [2.24, 2.45) is 5.92 Å². The van der Waals surface area contributed by atoms with Gasteiger partial charge in [0.2, 0.25) is 5.91 Å². The van der Waals surface area contributed by atoms with E-state index in [-0.39, 0.29) is 17.7 Å². The zero-order valence-electron chi connectivity index (χ0n) is 15.4. The summed E-state index contributed by atoms with van der Waals surface area (Å²) in [5.41, 5.74) is 1.84. The molecule has 5 nitrogen and oxygen atoms in total. The van der Waals surface area contributed by atoms with Gasteiger partial charge in [-0.2, -0.15) is 0 Å². The van der Waals surface area contributed by atoms with Gasteiger partial charge in [0.05, 0.1) is 5.56 Å². The van der Waals surface area contributed by atoms with Crippen LogP contribution in [-0.4, -0.2) is 32.1 Å². The second kappa shape index (κ2) is 9.33. The number of hydrogen-bond donors (Lipinski definition) is 2. The number of amides is 2. The Hall–Kier alpha value is -1.66. The standard InChI is InChI=1S/C20H28N2O3S/c1-25-13-7-12-21-19(24)17-15-10-5-6-11-16(15)26-20(17)22-18(23)14-8-3-2-4-9-14/h2-3,14H,4-13H2,1H3,(H,21,24)(H,22,23). The smallest absolute Gasteiger partial charge is 0.254 e. The molecule has 0 aliphatic heterocycles. The van der Waals surface area contributed by atoms with Crippen LogP contribution < -0.4 is 10.6 Å². The van der Waals surface area contributed by atoms with Gasteiger partial charge in [-0.1, -0.05) is 12.2 Å². The first-order valence-corrected chi connectivity index (χ1v) is 10.4. The zero-order valence-corrected chi connectivity index (χ0v) is 16.3. The quantitative estimate of drug-likeness (QED) is 0.563. The minimum atomic E-state index is -0.0701. The highest BCUT2D eigenvalue weighted by Crippen LogP contribution is 2.38. The molecular formula is C20H28N2O3S. The third-order valence-corrected chi connectivity index (χ3v) is 6.29. The van der Waals surface area contributed by atoms with Gasteiger partial charge in [-0.3, -0.25) is 9.59 Å². The maximum Gasteiger partial charge on any atom is 0.254 e. The number of fused-ring (bicyclic) bond motifs is 1. The fourth-order valence-corrected chi connectivity index (χ4v) is 4.94. The predicted molar refractivity (Wildman–Crippen MR) is 105 cm³/mol. The molecule has 0 fully saturated rings. The van der Waals surface area contributed by atoms with Gasteiger partial charge in [0.1, 0.15) is 5.00 Å². The van der Waals surface area contributed by atoms with E-state index in [4.69, 9.17) is 4.74 Å². The average molecular weight is 377 g/mol. The van der Waals surface area contributed by atoms with Crippen molar-refractivity contribution in [1.82, 2.24) is 5.32 Å². The number of ether oxygens (including phenoxy) is 1. The first kappa shape index (κ1) is 19.1. The molecule has 0 saturated heterocycles. The highest BCUT2D eigenvalue weighted by atomic mass is 32.1. The number of methoxy groups -OCH3 is 1. The highest BCUT2D eigenvalue weighted by molar-refractivity contribution is 7.17. The van der Waals surface area contributed by atoms with Crippen LogP contribution in [0.3, 0.4) is 0 Å². The summed E-state index contributed by atoms with van der Waals surface area (Å²) in [6.07, 6.45) is 11.8. The monoisotopic (exact) mass is 376 g/mol. The molecule has 26 heavy (non-hydrogen) atoms. The number of aryl methyl sites for hydroxylation is 1. The molecule has 1 unspecified atom stereocenters. The number of allylic oxidation sites excluding steroid dienone is 2. The maximum atomic E-state index is 12.8. The molecule has 1 aromatic rings. The second-order valence-electron chi connectivity index (χ2n) is 6.99. The van der Waals surface area contributed by atoms with E-state index in [1.807, 2.05) is 0 Å². The van der Waals surface area contributed by atoms with Crippen molar-refractivity contribution < 1.29 is 14.3 Å². The Morgan fingerprint density at radius 2 is 2.12 bits per heavy atom. The summed E-state index contributed by atoms with van der Waals surface area (Å²) in [5.74, 6) is -0.0162. The molecule has 0 bridgehead atoms. The molecule has 2 N–H and O–H groups in total. The highest BCUT2D eigenvalue weighted by Gasteiger charge is 2.28. The lowest BCUT2D eigenvalue weighted by atomic mass is 9.93. The molecule has 0 radical (unpaired) electrons. The summed E-state index contributed by atoms with van der Waals surface area (Å²) in [7, 11) is 1.66. The molecular weight excluding hydrogens is 348 g/mol. The van der Waals surface area contributed by atoms with Gasteiger partial charge < -0.3 is 15.4 Å². The van der Waals surface area contributed by atoms with E-state index in [0.717, 1.165) is 61.9 Å². The van der Waals surface area contributed by atoms with Crippen molar-refractivity contribution in [1.29, 1.82) is 0 Å². The molecule has 3 rings (SSSR count). The van der Waals surface area contributed by atoms with E-state index in [0.29, 0.717) is 18.7 Å². The van der Waals surface area contributed by atoms with Crippen molar-refractivity contribution >= 4 is 28.2 Å². The van der Waals surface area contributed by atoms with Crippen LogP contribution in [0.15, 0.2) is 12.2 Å². The molecule has 1 aromatic heterocycles. The van der Waals surface area contributed by atoms with E-state index in [1.54, 1.807) is 18.4 Å². The molecule has 1 atom stereocenters. The Morgan fingerprint density at radius 3 is 2.88 bits per heavy atom. The second-order valence-corrected chi connectivity index (χ2v) is 8.09. The molecule has 1 heterocycles. The lowest BCUT2D eigenvalue weighted by molar-refractivity contribution is -0.120. The molecule has 0 spiro atoms. The zero-order chi connectivity index (χ0) is 18.4. The lowest BCUT2D eigenvalue weighted by Gasteiger charge is -2.17. The van der Waals surface area contributed by atoms with Crippen LogP contribution in [0.2, 0.25) is 0 Å². The molecule has 142 valence electrons. The van der Waals surface area contributed by atoms with Crippen molar-refractivity contribution in [2.45, 2.75) is 51.4 Å². The van der Waals surface area contributed by atoms with E-state index in [2.05, 4.69) is 22.8 Å². The number of carbonyl (C=O) groups is 2. The van der Waals surface area contributed by atoms with Crippen molar-refractivity contribution in [3.8, 4) is 0 Å². The van der Waals surface area contributed by atoms with E-state index in [1.165, 1.54) is 4.88 Å². The van der Waals surface area contributed by atoms with Gasteiger partial charge >= 0.3 is 0 Å². The summed E-state index contributed by atoms with van der Waals surface area (Å²) < 4.78 is 5.04. The van der Waals surface area contributed by atoms with Crippen LogP contribution in [0.1, 0.15) is 59.3 Å². The molecule has 2 aliphatic rings. The Morgan fingerprint density at radius 1 is 1.27 bits per heavy atom. The van der Waals surface area contributed by atoms with Crippen molar-refractivity contribution in [3.63, 3.8) is 0 Å². The minimum Gasteiger partial charge on any atom is -0.385 e. The summed E-state index contributed by atoms with van der Waals surface area (Å²) in [4.78, 5) is 26.7. The Kier molecular flexibility index (Phi) is 6.86. The summed E-state index contributed by atoms with van der Waals surface area (Å²) in [6.45, 7) is 1.21. The van der Waals surface area contributed by atoms with Crippen LogP contribution in [0, 0.1) is 5.92 Å². The van der Waals surface area contributed by atoms with Gasteiger partial charge in [-0.05, 0) is 56.9 Å². The molecule has 2 aliphatic carbocycles. The summed E-state index contributed by atoms with van der Waals surface area (Å²) >= 11 is 1.59. The van der Waals surface area contributed by atoms with E-state index >= 15 is 0 Å². The molecule has 0 aromatic carbocycles. The number of rotatable bonds is 7. The Balaban J connectivity index is 1.75. The number of carbonyl (C=O) groups excluding carboxylic acids is 2. The first-order chi connectivity index (χ1) is 12.7. The molecule has 0 saturated carbocycles. The average Bonchev–Trinajstić information content (AvgIpc) is 3.03. The van der Waals surface area contributed by atoms with Crippen LogP contribution in [0.25, 0.3) is 0 Å². The van der Waals surface area contributed by atoms with E-state index in [9.17, 15) is 9.59 Å². The number of thiophene rings is 1. The molecule has 2 amide bonds. The largest absolute Gasteiger partial charge is 0.385 e. The molecule has 6 heteroatoms. The lowest BCUT2D eigenvalue weighted by Crippen LogP contribution is -2.28. The van der Waals surface area contributed by atoms with Gasteiger partial charge in [0.25, 0.3) is 5.91 Å². The van der Waals surface area contributed by atoms with Crippen LogP contribution in [-0.2, 0) is 22.4 Å². The third kappa shape index (κ3) is 4.54. The Bertz CT molecular complexity index is 681. The van der Waals surface area contributed by atoms with Gasteiger partial charge in [-0.15, -0.1) is 11.3 Å². The summed E-state index contributed by atoms with van der Waals surface area (Å²) in [6, 6.07) is 0. The normalized spacial score (nSPS) is 19.0. The van der Waals surface area contributed by atoms with Crippen molar-refractivity contribution in [3.05, 3.63) is 28.2 Å². The summed E-state index contributed by atoms with van der Waals surface area (Å²) in [5, 5.41) is 6.81. The minimum absolute atomic E-state index is 0.0109. The van der Waals surface area contributed by atoms with E-state index < -0.39 is 0 Å². The number of nitrogens with one attached hydrogen (secondary N) is 2. The van der Waals surface area contributed by atoms with Crippen LogP contribution in [0.4, 0.5) is 5.00 Å². The number of hydrogen-bond acceptors (Lipinski definition) is 4. The topological polar surface area (TPSA) is 67.4 Å². The number of anilines is 1. The third-order valence-electron chi connectivity index (χ3n) is 5.09. The first-order valence-electron chi connectivity index (χ1n) is 9.58. The van der Waals surface area contributed by atoms with Crippen LogP contribution in [0.5, 0.6) is 0 Å². The Labute approximate surface area is 159 Å². The van der Waals surface area contributed by atoms with Crippen LogP contribution >= 0.6 is 11.3 Å². The predicted octanol–water partition coefficient (Wildman–Crippen LogP) is 3.69. The maximum absolute atomic E-state index is 12.8. The van der Waals surface area contributed by atoms with Gasteiger partial charge in [0, 0.05) is 31.1 Å².